The second-order valence-corrected chi connectivity index (χ2v) is 25.6. The van der Waals surface area contributed by atoms with Gasteiger partial charge >= 0.3 is 5.97 Å². The van der Waals surface area contributed by atoms with E-state index < -0.39 is 12.1 Å². The van der Waals surface area contributed by atoms with E-state index in [1.54, 1.807) is 0 Å². The SMILES string of the molecule is CCCCCC/C=C\C/C=C\CCCCCCCC(=O)OCCCCCCCCCCCCCC/C=C\CCCCCCCCCCCCCCCC(=O)NC(CO)C(O)CCCCCCCCCCCCCCCCCCCCCC. The Kier molecular flexibility index (Phi) is 69.9. The van der Waals surface area contributed by atoms with Crippen molar-refractivity contribution in [1.29, 1.82) is 0 Å². The van der Waals surface area contributed by atoms with Crippen LogP contribution in [0.1, 0.15) is 412 Å². The molecule has 82 heavy (non-hydrogen) atoms. The van der Waals surface area contributed by atoms with Crippen LogP contribution in [-0.2, 0) is 14.3 Å². The van der Waals surface area contributed by atoms with E-state index in [1.165, 1.54) is 327 Å². The third-order valence-electron chi connectivity index (χ3n) is 17.4. The second-order valence-electron chi connectivity index (χ2n) is 25.6. The van der Waals surface area contributed by atoms with Crippen LogP contribution >= 0.6 is 0 Å². The summed E-state index contributed by atoms with van der Waals surface area (Å²) in [5.41, 5.74) is 0. The lowest BCUT2D eigenvalue weighted by Gasteiger charge is -2.22. The van der Waals surface area contributed by atoms with Crippen molar-refractivity contribution in [2.45, 2.75) is 424 Å². The average molecular weight is 1150 g/mol. The van der Waals surface area contributed by atoms with E-state index in [0.29, 0.717) is 25.9 Å². The Labute approximate surface area is 513 Å². The highest BCUT2D eigenvalue weighted by atomic mass is 16.5. The van der Waals surface area contributed by atoms with Crippen LogP contribution < -0.4 is 5.32 Å². The molecule has 0 aromatic carbocycles. The highest BCUT2D eigenvalue weighted by molar-refractivity contribution is 5.76. The van der Waals surface area contributed by atoms with Crippen molar-refractivity contribution in [2.24, 2.45) is 0 Å². The van der Waals surface area contributed by atoms with Crippen molar-refractivity contribution in [3.63, 3.8) is 0 Å². The van der Waals surface area contributed by atoms with Crippen LogP contribution in [-0.4, -0.2) is 47.4 Å². The molecule has 0 aliphatic rings. The Bertz CT molecular complexity index is 1330. The van der Waals surface area contributed by atoms with Crippen molar-refractivity contribution in [1.82, 2.24) is 5.32 Å². The number of amides is 1. The predicted octanol–water partition coefficient (Wildman–Crippen LogP) is 24.3. The third-order valence-corrected chi connectivity index (χ3v) is 17.4. The summed E-state index contributed by atoms with van der Waals surface area (Å²) >= 11 is 0. The van der Waals surface area contributed by atoms with Crippen molar-refractivity contribution in [3.05, 3.63) is 36.5 Å². The van der Waals surface area contributed by atoms with Crippen LogP contribution in [0.2, 0.25) is 0 Å². The molecule has 0 spiro atoms. The van der Waals surface area contributed by atoms with Gasteiger partial charge in [-0.3, -0.25) is 9.59 Å². The molecule has 6 nitrogen and oxygen atoms in total. The molecule has 0 radical (unpaired) electrons. The molecule has 0 aliphatic heterocycles. The van der Waals surface area contributed by atoms with Crippen LogP contribution in [0.15, 0.2) is 36.5 Å². The van der Waals surface area contributed by atoms with Crippen LogP contribution in [0.25, 0.3) is 0 Å². The van der Waals surface area contributed by atoms with Gasteiger partial charge in [0, 0.05) is 12.8 Å². The molecule has 0 saturated heterocycles. The summed E-state index contributed by atoms with van der Waals surface area (Å²) in [7, 11) is 0. The monoisotopic (exact) mass is 1150 g/mol. The number of hydrogen-bond donors (Lipinski definition) is 3. The number of carbonyl (C=O) groups is 2. The molecule has 2 atom stereocenters. The van der Waals surface area contributed by atoms with Gasteiger partial charge < -0.3 is 20.3 Å². The first-order valence-corrected chi connectivity index (χ1v) is 37.2. The molecule has 6 heteroatoms. The van der Waals surface area contributed by atoms with Gasteiger partial charge in [0.25, 0.3) is 0 Å². The number of hydrogen-bond acceptors (Lipinski definition) is 5. The van der Waals surface area contributed by atoms with E-state index >= 15 is 0 Å². The Morgan fingerprint density at radius 2 is 0.610 bits per heavy atom. The fourth-order valence-electron chi connectivity index (χ4n) is 11.7. The first-order chi connectivity index (χ1) is 40.5. The molecule has 3 N–H and O–H groups in total. The van der Waals surface area contributed by atoms with Crippen molar-refractivity contribution in [2.75, 3.05) is 13.2 Å². The molecule has 484 valence electrons. The van der Waals surface area contributed by atoms with E-state index in [2.05, 4.69) is 55.6 Å². The van der Waals surface area contributed by atoms with Crippen LogP contribution in [0.5, 0.6) is 0 Å². The van der Waals surface area contributed by atoms with E-state index in [-0.39, 0.29) is 18.5 Å². The standard InChI is InChI=1S/C76H145NO5/c1-3-5-7-9-11-13-15-17-19-21-22-34-37-40-44-48-52-56-60-64-68-74(79)73(72-78)77-75(80)69-65-61-57-53-49-45-41-38-35-32-30-28-26-24-23-25-27-29-31-33-36-39-43-47-51-55-59-63-67-71-82-76(81)70-66-62-58-54-50-46-42-20-18-16-14-12-10-8-6-4-2/h14,16,20,23,25,42,73-74,78-79H,3-13,15,17-19,21-22,24,26-41,43-72H2,1-2H3,(H,77,80)/b16-14-,25-23-,42-20-. The van der Waals surface area contributed by atoms with Crippen molar-refractivity contribution < 1.29 is 24.5 Å². The first-order valence-electron chi connectivity index (χ1n) is 37.2. The molecule has 0 heterocycles. The van der Waals surface area contributed by atoms with Gasteiger partial charge in [0.1, 0.15) is 0 Å². The summed E-state index contributed by atoms with van der Waals surface area (Å²) in [6, 6.07) is -0.542. The van der Waals surface area contributed by atoms with Gasteiger partial charge in [-0.25, -0.2) is 0 Å². The van der Waals surface area contributed by atoms with Crippen LogP contribution in [0.4, 0.5) is 0 Å². The van der Waals surface area contributed by atoms with E-state index in [4.69, 9.17) is 4.74 Å². The van der Waals surface area contributed by atoms with E-state index in [9.17, 15) is 19.8 Å². The quantitative estimate of drug-likeness (QED) is 0.0320. The Balaban J connectivity index is 3.38. The normalized spacial score (nSPS) is 12.7. The number of aliphatic hydroxyl groups excluding tert-OH is 2. The number of allylic oxidation sites excluding steroid dienone is 6. The zero-order valence-electron chi connectivity index (χ0n) is 55.5. The highest BCUT2D eigenvalue weighted by Crippen LogP contribution is 2.19. The van der Waals surface area contributed by atoms with Crippen LogP contribution in [0.3, 0.4) is 0 Å². The maximum absolute atomic E-state index is 12.5. The zero-order chi connectivity index (χ0) is 59.2. The first kappa shape index (κ1) is 80.1. The molecule has 1 amide bonds. The number of aliphatic hydroxyl groups is 2. The summed E-state index contributed by atoms with van der Waals surface area (Å²) in [5.74, 6) is -0.0264. The molecule has 0 fully saturated rings. The van der Waals surface area contributed by atoms with Crippen molar-refractivity contribution in [3.8, 4) is 0 Å². The van der Waals surface area contributed by atoms with Gasteiger partial charge in [0.2, 0.25) is 5.91 Å². The fourth-order valence-corrected chi connectivity index (χ4v) is 11.7. The number of carbonyl (C=O) groups excluding carboxylic acids is 2. The van der Waals surface area contributed by atoms with Gasteiger partial charge in [0.15, 0.2) is 0 Å². The lowest BCUT2D eigenvalue weighted by Crippen LogP contribution is -2.45. The molecule has 2 unspecified atom stereocenters. The van der Waals surface area contributed by atoms with Gasteiger partial charge in [-0.15, -0.1) is 0 Å². The Morgan fingerprint density at radius 1 is 0.341 bits per heavy atom. The molecular formula is C76H145NO5. The zero-order valence-corrected chi connectivity index (χ0v) is 55.5. The van der Waals surface area contributed by atoms with Crippen molar-refractivity contribution >= 4 is 11.9 Å². The number of nitrogens with one attached hydrogen (secondary N) is 1. The number of unbranched alkanes of at least 4 members (excludes halogenated alkanes) is 53. The third kappa shape index (κ3) is 67.2. The minimum atomic E-state index is -0.665. The molecular weight excluding hydrogens is 1010 g/mol. The lowest BCUT2D eigenvalue weighted by atomic mass is 10.0. The maximum atomic E-state index is 12.5. The lowest BCUT2D eigenvalue weighted by molar-refractivity contribution is -0.143. The maximum Gasteiger partial charge on any atom is 0.305 e. The largest absolute Gasteiger partial charge is 0.466 e. The topological polar surface area (TPSA) is 95.9 Å². The summed E-state index contributed by atoms with van der Waals surface area (Å²) < 4.78 is 5.49. The van der Waals surface area contributed by atoms with E-state index in [0.717, 1.165) is 51.4 Å². The smallest absolute Gasteiger partial charge is 0.305 e. The van der Waals surface area contributed by atoms with Crippen LogP contribution in [0, 0.1) is 0 Å². The second kappa shape index (κ2) is 71.6. The number of ether oxygens (including phenoxy) is 1. The van der Waals surface area contributed by atoms with Gasteiger partial charge in [-0.05, 0) is 83.5 Å². The average Bonchev–Trinajstić information content (AvgIpc) is 3.48. The van der Waals surface area contributed by atoms with Gasteiger partial charge in [-0.1, -0.05) is 352 Å². The van der Waals surface area contributed by atoms with Gasteiger partial charge in [0.05, 0.1) is 25.4 Å². The minimum Gasteiger partial charge on any atom is -0.466 e. The molecule has 0 rings (SSSR count). The molecule has 0 aromatic rings. The highest BCUT2D eigenvalue weighted by Gasteiger charge is 2.20. The summed E-state index contributed by atoms with van der Waals surface area (Å²) in [4.78, 5) is 24.6. The summed E-state index contributed by atoms with van der Waals surface area (Å²) in [6.45, 7) is 4.97. The summed E-state index contributed by atoms with van der Waals surface area (Å²) in [5, 5.41) is 23.4. The fraction of sp³-hybridized carbons (Fsp3) is 0.895. The Hall–Kier alpha value is -1.92. The predicted molar refractivity (Wildman–Crippen MR) is 361 cm³/mol. The van der Waals surface area contributed by atoms with E-state index in [1.807, 2.05) is 0 Å². The van der Waals surface area contributed by atoms with Gasteiger partial charge in [-0.2, -0.15) is 0 Å². The molecule has 0 aliphatic carbocycles. The number of rotatable bonds is 70. The Morgan fingerprint density at radius 3 is 0.951 bits per heavy atom. The molecule has 0 aromatic heterocycles. The summed E-state index contributed by atoms with van der Waals surface area (Å²) in [6.07, 6.45) is 92.1. The molecule has 0 saturated carbocycles. The minimum absolute atomic E-state index is 0.00362. The molecule has 0 bridgehead atoms. The number of esters is 1.